The van der Waals surface area contributed by atoms with Crippen LogP contribution in [0.4, 0.5) is 10.5 Å². The van der Waals surface area contributed by atoms with E-state index in [-0.39, 0.29) is 18.0 Å². The molecule has 2 aliphatic heterocycles. The lowest BCUT2D eigenvalue weighted by atomic mass is 9.88. The summed E-state index contributed by atoms with van der Waals surface area (Å²) in [5.74, 6) is 0.525. The first-order valence-electron chi connectivity index (χ1n) is 9.67. The van der Waals surface area contributed by atoms with E-state index in [1.165, 1.54) is 24.8 Å². The van der Waals surface area contributed by atoms with Crippen molar-refractivity contribution in [2.45, 2.75) is 51.0 Å². The number of anilines is 1. The number of nitrogens with one attached hydrogen (secondary N) is 1. The molecule has 1 aromatic carbocycles. The summed E-state index contributed by atoms with van der Waals surface area (Å²) in [4.78, 5) is 29.1. The van der Waals surface area contributed by atoms with Crippen LogP contribution in [0.15, 0.2) is 24.3 Å². The van der Waals surface area contributed by atoms with E-state index in [0.717, 1.165) is 44.5 Å². The van der Waals surface area contributed by atoms with Gasteiger partial charge in [0.25, 0.3) is 0 Å². The summed E-state index contributed by atoms with van der Waals surface area (Å²) in [7, 11) is 0. The number of benzene rings is 1. The number of nitrogens with zero attached hydrogens (tertiary/aromatic N) is 2. The molecule has 0 bridgehead atoms. The molecule has 1 saturated carbocycles. The minimum Gasteiger partial charge on any atom is -0.340 e. The maximum absolute atomic E-state index is 12.7. The topological polar surface area (TPSA) is 52.7 Å². The molecule has 25 heavy (non-hydrogen) atoms. The maximum Gasteiger partial charge on any atom is 0.322 e. The first-order valence-corrected chi connectivity index (χ1v) is 9.67. The lowest BCUT2D eigenvalue weighted by Gasteiger charge is -2.26. The first kappa shape index (κ1) is 16.4. The minimum absolute atomic E-state index is 0.0260. The Morgan fingerprint density at radius 3 is 2.64 bits per heavy atom. The average Bonchev–Trinajstić information content (AvgIpc) is 3.28. The molecule has 1 saturated heterocycles. The van der Waals surface area contributed by atoms with E-state index in [1.807, 2.05) is 28.0 Å². The molecule has 134 valence electrons. The van der Waals surface area contributed by atoms with E-state index in [2.05, 4.69) is 11.4 Å². The van der Waals surface area contributed by atoms with E-state index >= 15 is 0 Å². The second-order valence-corrected chi connectivity index (χ2v) is 7.58. The zero-order valence-corrected chi connectivity index (χ0v) is 14.7. The number of urea groups is 1. The van der Waals surface area contributed by atoms with Gasteiger partial charge in [-0.1, -0.05) is 37.5 Å². The standard InChI is InChI=1S/C20H27N3O2/c24-19(16-7-2-1-3-8-16)22-12-11-17(14-22)21-20(25)23-13-10-15-6-4-5-9-18(15)23/h4-6,9,16-17H,1-3,7-8,10-14H2,(H,21,25). The molecule has 1 aliphatic carbocycles. The molecule has 4 rings (SSSR count). The summed E-state index contributed by atoms with van der Waals surface area (Å²) < 4.78 is 0. The van der Waals surface area contributed by atoms with Crippen molar-refractivity contribution in [3.05, 3.63) is 29.8 Å². The van der Waals surface area contributed by atoms with Crippen molar-refractivity contribution in [3.63, 3.8) is 0 Å². The Bertz CT molecular complexity index is 654. The smallest absolute Gasteiger partial charge is 0.322 e. The summed E-state index contributed by atoms with van der Waals surface area (Å²) >= 11 is 0. The van der Waals surface area contributed by atoms with Gasteiger partial charge in [-0.15, -0.1) is 0 Å². The fourth-order valence-corrected chi connectivity index (χ4v) is 4.49. The van der Waals surface area contributed by atoms with E-state index in [4.69, 9.17) is 0 Å². The van der Waals surface area contributed by atoms with Gasteiger partial charge in [-0.3, -0.25) is 9.69 Å². The molecular weight excluding hydrogens is 314 g/mol. The van der Waals surface area contributed by atoms with Crippen LogP contribution < -0.4 is 10.2 Å². The van der Waals surface area contributed by atoms with Gasteiger partial charge < -0.3 is 10.2 Å². The minimum atomic E-state index is -0.0260. The number of hydrogen-bond acceptors (Lipinski definition) is 2. The third-order valence-corrected chi connectivity index (χ3v) is 5.91. The van der Waals surface area contributed by atoms with Crippen molar-refractivity contribution in [1.82, 2.24) is 10.2 Å². The van der Waals surface area contributed by atoms with Crippen LogP contribution in [0.25, 0.3) is 0 Å². The zero-order chi connectivity index (χ0) is 17.2. The number of fused-ring (bicyclic) bond motifs is 1. The second-order valence-electron chi connectivity index (χ2n) is 7.58. The van der Waals surface area contributed by atoms with Crippen LogP contribution in [0.5, 0.6) is 0 Å². The normalized spacial score (nSPS) is 23.6. The van der Waals surface area contributed by atoms with Crippen LogP contribution >= 0.6 is 0 Å². The molecule has 0 radical (unpaired) electrons. The molecule has 1 N–H and O–H groups in total. The lowest BCUT2D eigenvalue weighted by molar-refractivity contribution is -0.135. The van der Waals surface area contributed by atoms with E-state index in [0.29, 0.717) is 12.5 Å². The number of carbonyl (C=O) groups excluding carboxylic acids is 2. The van der Waals surface area contributed by atoms with Crippen LogP contribution in [0, 0.1) is 5.92 Å². The largest absolute Gasteiger partial charge is 0.340 e. The highest BCUT2D eigenvalue weighted by molar-refractivity contribution is 5.94. The van der Waals surface area contributed by atoms with Crippen molar-refractivity contribution in [2.24, 2.45) is 5.92 Å². The van der Waals surface area contributed by atoms with Crippen molar-refractivity contribution in [1.29, 1.82) is 0 Å². The number of amides is 3. The van der Waals surface area contributed by atoms with Crippen LogP contribution in [0.1, 0.15) is 44.1 Å². The zero-order valence-electron chi connectivity index (χ0n) is 14.7. The van der Waals surface area contributed by atoms with Gasteiger partial charge in [0.1, 0.15) is 0 Å². The molecule has 3 amide bonds. The van der Waals surface area contributed by atoms with E-state index < -0.39 is 0 Å². The Kier molecular flexibility index (Phi) is 4.64. The third-order valence-electron chi connectivity index (χ3n) is 5.91. The summed E-state index contributed by atoms with van der Waals surface area (Å²) in [6, 6.07) is 8.14. The van der Waals surface area contributed by atoms with Gasteiger partial charge in [0.15, 0.2) is 0 Å². The Morgan fingerprint density at radius 2 is 1.80 bits per heavy atom. The number of rotatable bonds is 2. The van der Waals surface area contributed by atoms with E-state index in [1.54, 1.807) is 0 Å². The predicted octanol–water partition coefficient (Wildman–Crippen LogP) is 2.94. The monoisotopic (exact) mass is 341 g/mol. The molecule has 5 heteroatoms. The molecule has 1 atom stereocenters. The molecule has 2 heterocycles. The summed E-state index contributed by atoms with van der Waals surface area (Å²) in [5, 5.41) is 3.14. The van der Waals surface area contributed by atoms with Crippen LogP contribution in [0.3, 0.4) is 0 Å². The highest BCUT2D eigenvalue weighted by Gasteiger charge is 2.33. The SMILES string of the molecule is O=C(C1CCCCC1)N1CCC(NC(=O)N2CCc3ccccc32)C1. The van der Waals surface area contributed by atoms with Gasteiger partial charge in [-0.05, 0) is 37.3 Å². The molecule has 5 nitrogen and oxygen atoms in total. The third kappa shape index (κ3) is 3.37. The van der Waals surface area contributed by atoms with Crippen molar-refractivity contribution in [3.8, 4) is 0 Å². The number of carbonyl (C=O) groups is 2. The van der Waals surface area contributed by atoms with E-state index in [9.17, 15) is 9.59 Å². The average molecular weight is 341 g/mol. The second kappa shape index (κ2) is 7.06. The molecule has 3 aliphatic rings. The molecule has 1 unspecified atom stereocenters. The Balaban J connectivity index is 1.32. The quantitative estimate of drug-likeness (QED) is 0.899. The lowest BCUT2D eigenvalue weighted by Crippen LogP contribution is -2.46. The Hall–Kier alpha value is -2.04. The Labute approximate surface area is 149 Å². The van der Waals surface area contributed by atoms with Gasteiger partial charge in [-0.25, -0.2) is 4.79 Å². The van der Waals surface area contributed by atoms with Gasteiger partial charge in [0, 0.05) is 37.3 Å². The van der Waals surface area contributed by atoms with Gasteiger partial charge in [-0.2, -0.15) is 0 Å². The first-order chi connectivity index (χ1) is 12.2. The van der Waals surface area contributed by atoms with Crippen molar-refractivity contribution in [2.75, 3.05) is 24.5 Å². The van der Waals surface area contributed by atoms with Crippen LogP contribution in [0.2, 0.25) is 0 Å². The van der Waals surface area contributed by atoms with Gasteiger partial charge >= 0.3 is 6.03 Å². The summed E-state index contributed by atoms with van der Waals surface area (Å²) in [6.07, 6.45) is 7.48. The highest BCUT2D eigenvalue weighted by Crippen LogP contribution is 2.28. The fourth-order valence-electron chi connectivity index (χ4n) is 4.49. The molecule has 2 fully saturated rings. The summed E-state index contributed by atoms with van der Waals surface area (Å²) in [5.41, 5.74) is 2.26. The Morgan fingerprint density at radius 1 is 1.00 bits per heavy atom. The molecule has 0 aromatic heterocycles. The molecular formula is C20H27N3O2. The molecule has 1 aromatic rings. The fraction of sp³-hybridized carbons (Fsp3) is 0.600. The van der Waals surface area contributed by atoms with Crippen LogP contribution in [-0.4, -0.2) is 42.5 Å². The van der Waals surface area contributed by atoms with Gasteiger partial charge in [0.05, 0.1) is 0 Å². The number of para-hydroxylation sites is 1. The predicted molar refractivity (Wildman–Crippen MR) is 97.6 cm³/mol. The summed E-state index contributed by atoms with van der Waals surface area (Å²) in [6.45, 7) is 2.18. The van der Waals surface area contributed by atoms with Gasteiger partial charge in [0.2, 0.25) is 5.91 Å². The van der Waals surface area contributed by atoms with Crippen molar-refractivity contribution >= 4 is 17.6 Å². The maximum atomic E-state index is 12.7. The highest BCUT2D eigenvalue weighted by atomic mass is 16.2. The van der Waals surface area contributed by atoms with Crippen LogP contribution in [-0.2, 0) is 11.2 Å². The number of likely N-dealkylation sites (tertiary alicyclic amines) is 1. The van der Waals surface area contributed by atoms with Crippen molar-refractivity contribution < 1.29 is 9.59 Å². The molecule has 0 spiro atoms. The number of hydrogen-bond donors (Lipinski definition) is 1.